The lowest BCUT2D eigenvalue weighted by Crippen LogP contribution is -2.54. The van der Waals surface area contributed by atoms with Gasteiger partial charge in [0.25, 0.3) is 10.0 Å². The molecule has 3 rings (SSSR count). The quantitative estimate of drug-likeness (QED) is 0.399. The molecule has 0 aliphatic rings. The number of benzene rings is 3. The number of amides is 2. The summed E-state index contributed by atoms with van der Waals surface area (Å²) >= 11 is 6.14. The van der Waals surface area contributed by atoms with Crippen molar-refractivity contribution in [2.45, 2.75) is 50.7 Å². The van der Waals surface area contributed by atoms with Crippen LogP contribution in [0.3, 0.4) is 0 Å². The molecular formula is C28H31ClFN3O4S. The summed E-state index contributed by atoms with van der Waals surface area (Å²) in [6.07, 6.45) is 0. The first kappa shape index (κ1) is 29.1. The van der Waals surface area contributed by atoms with Gasteiger partial charge >= 0.3 is 0 Å². The first-order valence-electron chi connectivity index (χ1n) is 12.0. The average molecular weight is 560 g/mol. The van der Waals surface area contributed by atoms with Gasteiger partial charge in [0, 0.05) is 17.1 Å². The van der Waals surface area contributed by atoms with E-state index in [2.05, 4.69) is 5.32 Å². The summed E-state index contributed by atoms with van der Waals surface area (Å²) in [5.41, 5.74) is 0.381. The van der Waals surface area contributed by atoms with Crippen LogP contribution in [0.1, 0.15) is 33.3 Å². The van der Waals surface area contributed by atoms with Crippen LogP contribution in [0.25, 0.3) is 0 Å². The predicted molar refractivity (Wildman–Crippen MR) is 147 cm³/mol. The Bertz CT molecular complexity index is 1380. The fraction of sp³-hybridized carbons (Fsp3) is 0.286. The molecule has 3 aromatic carbocycles. The summed E-state index contributed by atoms with van der Waals surface area (Å²) in [6, 6.07) is 18.5. The number of hydrogen-bond donors (Lipinski definition) is 1. The van der Waals surface area contributed by atoms with Gasteiger partial charge in [0.05, 0.1) is 10.6 Å². The summed E-state index contributed by atoms with van der Waals surface area (Å²) in [7, 11) is -4.26. The van der Waals surface area contributed by atoms with E-state index in [-0.39, 0.29) is 23.0 Å². The Morgan fingerprint density at radius 1 is 0.974 bits per heavy atom. The lowest BCUT2D eigenvalue weighted by Gasteiger charge is -2.33. The van der Waals surface area contributed by atoms with E-state index in [1.807, 2.05) is 20.8 Å². The molecule has 0 saturated carbocycles. The van der Waals surface area contributed by atoms with Crippen LogP contribution in [0.5, 0.6) is 0 Å². The number of anilines is 1. The number of nitrogens with one attached hydrogen (secondary N) is 1. The number of carbonyl (C=O) groups is 2. The second-order valence-electron chi connectivity index (χ2n) is 9.87. The van der Waals surface area contributed by atoms with Gasteiger partial charge in [0.15, 0.2) is 0 Å². The molecule has 0 radical (unpaired) electrons. The molecule has 1 N–H and O–H groups in total. The summed E-state index contributed by atoms with van der Waals surface area (Å²) < 4.78 is 41.7. The van der Waals surface area contributed by atoms with Gasteiger partial charge in [-0.2, -0.15) is 0 Å². The molecule has 1 unspecified atom stereocenters. The van der Waals surface area contributed by atoms with E-state index in [1.165, 1.54) is 4.90 Å². The van der Waals surface area contributed by atoms with E-state index in [0.717, 1.165) is 28.6 Å². The monoisotopic (exact) mass is 559 g/mol. The van der Waals surface area contributed by atoms with E-state index in [4.69, 9.17) is 11.6 Å². The van der Waals surface area contributed by atoms with Crippen LogP contribution in [0.15, 0.2) is 83.8 Å². The summed E-state index contributed by atoms with van der Waals surface area (Å²) in [5, 5.41) is 3.34. The number of carbonyl (C=O) groups excluding carboxylic acids is 2. The van der Waals surface area contributed by atoms with Crippen molar-refractivity contribution in [3.8, 4) is 0 Å². The van der Waals surface area contributed by atoms with Crippen LogP contribution >= 0.6 is 11.6 Å². The molecule has 7 nitrogen and oxygen atoms in total. The molecule has 0 heterocycles. The highest BCUT2D eigenvalue weighted by Crippen LogP contribution is 2.25. The van der Waals surface area contributed by atoms with E-state index in [1.54, 1.807) is 61.5 Å². The second kappa shape index (κ2) is 12.0. The highest BCUT2D eigenvalue weighted by atomic mass is 35.5. The highest BCUT2D eigenvalue weighted by Gasteiger charge is 2.33. The van der Waals surface area contributed by atoms with E-state index in [0.29, 0.717) is 10.6 Å². The predicted octanol–water partition coefficient (Wildman–Crippen LogP) is 5.01. The van der Waals surface area contributed by atoms with Crippen LogP contribution in [0, 0.1) is 5.82 Å². The molecule has 3 aromatic rings. The minimum absolute atomic E-state index is 0.0251. The Morgan fingerprint density at radius 2 is 1.61 bits per heavy atom. The maximum Gasteiger partial charge on any atom is 0.264 e. The minimum atomic E-state index is -4.26. The summed E-state index contributed by atoms with van der Waals surface area (Å²) in [6.45, 7) is 6.51. The number of sulfonamides is 1. The van der Waals surface area contributed by atoms with Crippen LogP contribution in [-0.2, 0) is 26.2 Å². The highest BCUT2D eigenvalue weighted by molar-refractivity contribution is 7.92. The standard InChI is InChI=1S/C28H31ClFN3O4S/c1-20(27(35)31-28(2,3)4)32(18-21-9-8-10-22(29)17-21)26(34)19-33(24-11-6-5-7-12-24)38(36,37)25-15-13-23(30)14-16-25/h5-17,20H,18-19H2,1-4H3,(H,31,35). The Balaban J connectivity index is 2.01. The molecule has 202 valence electrons. The fourth-order valence-corrected chi connectivity index (χ4v) is 5.37. The molecule has 0 fully saturated rings. The number of hydrogen-bond acceptors (Lipinski definition) is 4. The smallest absolute Gasteiger partial charge is 0.264 e. The van der Waals surface area contributed by atoms with Gasteiger partial charge < -0.3 is 10.2 Å². The molecule has 2 amide bonds. The molecule has 0 aliphatic carbocycles. The fourth-order valence-electron chi connectivity index (χ4n) is 3.75. The zero-order valence-electron chi connectivity index (χ0n) is 21.7. The van der Waals surface area contributed by atoms with Crippen molar-refractivity contribution >= 4 is 39.1 Å². The third-order valence-electron chi connectivity index (χ3n) is 5.63. The van der Waals surface area contributed by atoms with Gasteiger partial charge in [-0.1, -0.05) is 41.9 Å². The van der Waals surface area contributed by atoms with Gasteiger partial charge in [0.1, 0.15) is 18.4 Å². The number of para-hydroxylation sites is 1. The van der Waals surface area contributed by atoms with Gasteiger partial charge in [-0.05, 0) is 81.8 Å². The van der Waals surface area contributed by atoms with Crippen LogP contribution in [0.4, 0.5) is 10.1 Å². The molecule has 1 atom stereocenters. The SMILES string of the molecule is CC(C(=O)NC(C)(C)C)N(Cc1cccc(Cl)c1)C(=O)CN(c1ccccc1)S(=O)(=O)c1ccc(F)cc1. The topological polar surface area (TPSA) is 86.8 Å². The van der Waals surface area contributed by atoms with Crippen molar-refractivity contribution in [2.75, 3.05) is 10.8 Å². The van der Waals surface area contributed by atoms with Crippen molar-refractivity contribution in [3.63, 3.8) is 0 Å². The average Bonchev–Trinajstić information content (AvgIpc) is 2.85. The maximum absolute atomic E-state index is 13.8. The van der Waals surface area contributed by atoms with E-state index < -0.39 is 39.9 Å². The second-order valence-corrected chi connectivity index (χ2v) is 12.2. The third-order valence-corrected chi connectivity index (χ3v) is 7.66. The Morgan fingerprint density at radius 3 is 2.18 bits per heavy atom. The van der Waals surface area contributed by atoms with Crippen molar-refractivity contribution in [1.29, 1.82) is 0 Å². The maximum atomic E-state index is 13.8. The van der Waals surface area contributed by atoms with Crippen molar-refractivity contribution in [3.05, 3.63) is 95.3 Å². The van der Waals surface area contributed by atoms with Crippen LogP contribution in [0.2, 0.25) is 5.02 Å². The van der Waals surface area contributed by atoms with Crippen molar-refractivity contribution in [2.24, 2.45) is 0 Å². The van der Waals surface area contributed by atoms with E-state index >= 15 is 0 Å². The zero-order chi connectivity index (χ0) is 28.1. The van der Waals surface area contributed by atoms with Crippen molar-refractivity contribution < 1.29 is 22.4 Å². The van der Waals surface area contributed by atoms with Gasteiger partial charge in [0.2, 0.25) is 11.8 Å². The minimum Gasteiger partial charge on any atom is -0.350 e. The summed E-state index contributed by atoms with van der Waals surface area (Å²) in [5.74, 6) is -1.57. The molecule has 38 heavy (non-hydrogen) atoms. The molecule has 0 aromatic heterocycles. The number of halogens is 2. The number of nitrogens with zero attached hydrogens (tertiary/aromatic N) is 2. The van der Waals surface area contributed by atoms with Crippen LogP contribution < -0.4 is 9.62 Å². The molecular weight excluding hydrogens is 529 g/mol. The van der Waals surface area contributed by atoms with Crippen LogP contribution in [-0.4, -0.2) is 43.3 Å². The first-order chi connectivity index (χ1) is 17.8. The Hall–Kier alpha value is -3.43. The van der Waals surface area contributed by atoms with Crippen molar-refractivity contribution in [1.82, 2.24) is 10.2 Å². The Kier molecular flexibility index (Phi) is 9.17. The molecule has 0 aliphatic heterocycles. The molecule has 0 bridgehead atoms. The molecule has 0 saturated heterocycles. The Labute approximate surface area is 228 Å². The largest absolute Gasteiger partial charge is 0.350 e. The lowest BCUT2D eigenvalue weighted by atomic mass is 10.1. The summed E-state index contributed by atoms with van der Waals surface area (Å²) in [4.78, 5) is 28.0. The first-order valence-corrected chi connectivity index (χ1v) is 13.8. The molecule has 0 spiro atoms. The molecule has 10 heteroatoms. The van der Waals surface area contributed by atoms with E-state index in [9.17, 15) is 22.4 Å². The van der Waals surface area contributed by atoms with Gasteiger partial charge in [-0.15, -0.1) is 0 Å². The normalized spacial score (nSPS) is 12.5. The lowest BCUT2D eigenvalue weighted by molar-refractivity contribution is -0.140. The van der Waals surface area contributed by atoms with Gasteiger partial charge in [-0.25, -0.2) is 12.8 Å². The zero-order valence-corrected chi connectivity index (χ0v) is 23.3. The number of rotatable bonds is 9. The van der Waals surface area contributed by atoms with Gasteiger partial charge in [-0.3, -0.25) is 13.9 Å². The third kappa shape index (κ3) is 7.55.